The van der Waals surface area contributed by atoms with Gasteiger partial charge < -0.3 is 19.4 Å². The Morgan fingerprint density at radius 2 is 1.29 bits per heavy atom. The summed E-state index contributed by atoms with van der Waals surface area (Å²) >= 11 is 5.58. The largest absolute Gasteiger partial charge is 0.341 e. The fourth-order valence-electron chi connectivity index (χ4n) is 3.86. The quantitative estimate of drug-likeness (QED) is 0.405. The molecule has 6 heterocycles. The summed E-state index contributed by atoms with van der Waals surface area (Å²) in [7, 11) is 3.82. The van der Waals surface area contributed by atoms with Gasteiger partial charge in [-0.15, -0.1) is 0 Å². The Kier molecular flexibility index (Phi) is 9.52. The van der Waals surface area contributed by atoms with Crippen LogP contribution in [0.5, 0.6) is 0 Å². The van der Waals surface area contributed by atoms with Gasteiger partial charge in [0.25, 0.3) is 0 Å². The maximum absolute atomic E-state index is 5.58. The van der Waals surface area contributed by atoms with Gasteiger partial charge in [0.15, 0.2) is 11.3 Å². The van der Waals surface area contributed by atoms with E-state index in [0.717, 1.165) is 41.4 Å². The normalized spacial score (nSPS) is 15.7. The van der Waals surface area contributed by atoms with Gasteiger partial charge in [0.05, 0.1) is 25.0 Å². The maximum atomic E-state index is 5.58. The molecule has 0 saturated carbocycles. The minimum atomic E-state index is 0. The highest BCUT2D eigenvalue weighted by molar-refractivity contribution is 6.28. The van der Waals surface area contributed by atoms with Crippen LogP contribution in [0.1, 0.15) is 46.0 Å². The van der Waals surface area contributed by atoms with Crippen LogP contribution in [-0.2, 0) is 14.1 Å². The van der Waals surface area contributed by atoms with Crippen molar-refractivity contribution in [2.24, 2.45) is 14.1 Å². The number of aryl methyl sites for hydroxylation is 2. The molecule has 10 nitrogen and oxygen atoms in total. The lowest BCUT2D eigenvalue weighted by atomic mass is 10.1. The predicted octanol–water partition coefficient (Wildman–Crippen LogP) is 3.77. The van der Waals surface area contributed by atoms with E-state index in [-0.39, 0.29) is 12.7 Å². The lowest BCUT2D eigenvalue weighted by molar-refractivity contribution is 0.520. The van der Waals surface area contributed by atoms with Gasteiger partial charge in [0, 0.05) is 27.2 Å². The summed E-state index contributed by atoms with van der Waals surface area (Å²) < 4.78 is 3.73. The third kappa shape index (κ3) is 6.60. The van der Waals surface area contributed by atoms with Crippen molar-refractivity contribution in [2.75, 3.05) is 31.1 Å². The zero-order valence-electron chi connectivity index (χ0n) is 19.3. The van der Waals surface area contributed by atoms with E-state index in [2.05, 4.69) is 40.1 Å². The third-order valence-corrected chi connectivity index (χ3v) is 5.89. The summed E-state index contributed by atoms with van der Waals surface area (Å²) in [6.45, 7) is 4.65. The van der Waals surface area contributed by atoms with Crippen molar-refractivity contribution >= 4 is 39.9 Å². The molecule has 6 rings (SSSR count). The highest BCUT2D eigenvalue weighted by Gasteiger charge is 2.14. The van der Waals surface area contributed by atoms with Crippen LogP contribution >= 0.6 is 11.6 Å². The molecule has 0 atom stereocenters. The van der Waals surface area contributed by atoms with Crippen molar-refractivity contribution < 1.29 is 0 Å². The van der Waals surface area contributed by atoms with E-state index in [4.69, 9.17) is 11.6 Å². The highest BCUT2D eigenvalue weighted by Crippen LogP contribution is 2.17. The Bertz CT molecular complexity index is 1150. The second-order valence-corrected chi connectivity index (χ2v) is 8.63. The first kappa shape index (κ1) is 25.8. The van der Waals surface area contributed by atoms with Gasteiger partial charge in [-0.2, -0.15) is 9.97 Å². The van der Waals surface area contributed by atoms with Crippen molar-refractivity contribution in [3.05, 3.63) is 30.3 Å². The number of rotatable bonds is 1. The molecule has 0 spiro atoms. The Balaban J connectivity index is 0.000000156. The first-order chi connectivity index (χ1) is 16.1. The van der Waals surface area contributed by atoms with Crippen LogP contribution < -0.4 is 10.2 Å². The molecule has 0 unspecified atom stereocenters. The molecule has 11 heteroatoms. The van der Waals surface area contributed by atoms with E-state index in [1.165, 1.54) is 51.6 Å². The second-order valence-electron chi connectivity index (χ2n) is 8.30. The average Bonchev–Trinajstić information content (AvgIpc) is 3.43. The number of piperidine rings is 2. The number of halogens is 1. The summed E-state index contributed by atoms with van der Waals surface area (Å²) in [5.41, 5.74) is 3.29. The molecule has 0 amide bonds. The molecular formula is C23H35ClN10. The van der Waals surface area contributed by atoms with Gasteiger partial charge in [-0.05, 0) is 56.8 Å². The zero-order valence-corrected chi connectivity index (χ0v) is 20.0. The minimum Gasteiger partial charge on any atom is -0.341 e. The number of nitrogens with one attached hydrogen (secondary N) is 1. The first-order valence-corrected chi connectivity index (χ1v) is 11.9. The van der Waals surface area contributed by atoms with E-state index in [1.54, 1.807) is 23.4 Å². The number of fused-ring (bicyclic) bond motifs is 2. The van der Waals surface area contributed by atoms with Gasteiger partial charge in [0.2, 0.25) is 11.2 Å². The molecule has 2 aliphatic rings. The number of nitrogens with zero attached hydrogens (tertiary/aromatic N) is 9. The van der Waals surface area contributed by atoms with Crippen LogP contribution in [0, 0.1) is 0 Å². The van der Waals surface area contributed by atoms with Crippen LogP contribution in [0.25, 0.3) is 22.3 Å². The molecule has 0 aliphatic carbocycles. The summed E-state index contributed by atoms with van der Waals surface area (Å²) in [6, 6.07) is 0. The monoisotopic (exact) mass is 486 g/mol. The Morgan fingerprint density at radius 1 is 0.735 bits per heavy atom. The molecule has 2 fully saturated rings. The van der Waals surface area contributed by atoms with Crippen molar-refractivity contribution in [1.82, 2.24) is 44.4 Å². The topological polar surface area (TPSA) is 102 Å². The van der Waals surface area contributed by atoms with E-state index in [0.29, 0.717) is 0 Å². The first-order valence-electron chi connectivity index (χ1n) is 11.5. The smallest absolute Gasteiger partial charge is 0.227 e. The molecule has 1 N–H and O–H groups in total. The second kappa shape index (κ2) is 12.6. The molecule has 34 heavy (non-hydrogen) atoms. The van der Waals surface area contributed by atoms with E-state index in [9.17, 15) is 0 Å². The predicted molar refractivity (Wildman–Crippen MR) is 137 cm³/mol. The third-order valence-electron chi connectivity index (χ3n) is 5.71. The fourth-order valence-corrected chi connectivity index (χ4v) is 3.99. The van der Waals surface area contributed by atoms with Gasteiger partial charge in [-0.3, -0.25) is 0 Å². The number of hydrogen-bond acceptors (Lipinski definition) is 8. The maximum Gasteiger partial charge on any atom is 0.227 e. The molecule has 2 saturated heterocycles. The highest BCUT2D eigenvalue weighted by atomic mass is 35.5. The number of hydrogen-bond donors (Lipinski definition) is 1. The standard InChI is InChI=1S/C11H15N5.C6H5ClN4.C5H11N.CH4/c1-15-8-13-9-7-12-11(14-10(9)15)16-5-3-2-4-6-16;1-11-3-9-4-2-8-6(7)10-5(4)11;1-2-4-6-5-3-1;/h7-8H,2-6H2,1H3;2-3H,1H3;6H,1-5H2;1H4. The van der Waals surface area contributed by atoms with Crippen molar-refractivity contribution in [1.29, 1.82) is 0 Å². The van der Waals surface area contributed by atoms with Crippen LogP contribution in [0.15, 0.2) is 25.0 Å². The van der Waals surface area contributed by atoms with Crippen molar-refractivity contribution in [2.45, 2.75) is 46.0 Å². The van der Waals surface area contributed by atoms with Crippen LogP contribution in [0.4, 0.5) is 5.95 Å². The van der Waals surface area contributed by atoms with E-state index in [1.807, 2.05) is 24.9 Å². The zero-order chi connectivity index (χ0) is 23.0. The van der Waals surface area contributed by atoms with Crippen LogP contribution in [0.3, 0.4) is 0 Å². The Hall–Kier alpha value is -2.85. The summed E-state index contributed by atoms with van der Waals surface area (Å²) in [6.07, 6.45) is 14.9. The molecular weight excluding hydrogens is 452 g/mol. The molecule has 2 aliphatic heterocycles. The molecule has 184 valence electrons. The molecule has 4 aromatic heterocycles. The van der Waals surface area contributed by atoms with E-state index < -0.39 is 0 Å². The Labute approximate surface area is 205 Å². The molecule has 0 bridgehead atoms. The van der Waals surface area contributed by atoms with E-state index >= 15 is 0 Å². The van der Waals surface area contributed by atoms with Crippen molar-refractivity contribution in [3.8, 4) is 0 Å². The summed E-state index contributed by atoms with van der Waals surface area (Å²) in [4.78, 5) is 27.3. The molecule has 4 aromatic rings. The van der Waals surface area contributed by atoms with Crippen LogP contribution in [0.2, 0.25) is 5.28 Å². The van der Waals surface area contributed by atoms with Gasteiger partial charge in [0.1, 0.15) is 11.0 Å². The lowest BCUT2D eigenvalue weighted by Crippen LogP contribution is -2.30. The summed E-state index contributed by atoms with van der Waals surface area (Å²) in [5, 5.41) is 3.54. The average molecular weight is 487 g/mol. The van der Waals surface area contributed by atoms with Crippen molar-refractivity contribution in [3.63, 3.8) is 0 Å². The lowest BCUT2D eigenvalue weighted by Gasteiger charge is -2.26. The molecule has 0 aromatic carbocycles. The minimum absolute atomic E-state index is 0. The van der Waals surface area contributed by atoms with Gasteiger partial charge in [-0.1, -0.05) is 13.8 Å². The number of aromatic nitrogens is 8. The number of imidazole rings is 2. The van der Waals surface area contributed by atoms with Gasteiger partial charge >= 0.3 is 0 Å². The Morgan fingerprint density at radius 3 is 1.85 bits per heavy atom. The summed E-state index contributed by atoms with van der Waals surface area (Å²) in [5.74, 6) is 0.843. The van der Waals surface area contributed by atoms with Gasteiger partial charge in [-0.25, -0.2) is 19.9 Å². The van der Waals surface area contributed by atoms with Crippen LogP contribution in [-0.4, -0.2) is 65.2 Å². The molecule has 0 radical (unpaired) electrons. The number of anilines is 1. The SMILES string of the molecule is C.C1CCNCC1.Cn1cnc2cnc(Cl)nc21.Cn1cnc2cnc(N3CCCCC3)nc21. The fraction of sp³-hybridized carbons (Fsp3) is 0.565.